The van der Waals surface area contributed by atoms with Crippen molar-refractivity contribution in [2.45, 2.75) is 25.0 Å². The van der Waals surface area contributed by atoms with Gasteiger partial charge in [-0.2, -0.15) is 5.10 Å². The number of anilines is 1. The van der Waals surface area contributed by atoms with Crippen molar-refractivity contribution in [1.82, 2.24) is 15.1 Å². The summed E-state index contributed by atoms with van der Waals surface area (Å²) in [5.41, 5.74) is 1.18. The first kappa shape index (κ1) is 14.0. The molecule has 1 atom stereocenters. The number of benzene rings is 1. The van der Waals surface area contributed by atoms with Gasteiger partial charge in [0.05, 0.1) is 6.04 Å². The predicted molar refractivity (Wildman–Crippen MR) is 85.2 cm³/mol. The minimum absolute atomic E-state index is 0.0803. The number of aromatic nitrogens is 2. The molecule has 23 heavy (non-hydrogen) atoms. The smallest absolute Gasteiger partial charge is 0.263 e. The first-order valence-electron chi connectivity index (χ1n) is 7.87. The van der Waals surface area contributed by atoms with Crippen LogP contribution in [0, 0.1) is 0 Å². The summed E-state index contributed by atoms with van der Waals surface area (Å²) in [6.45, 7) is 1.35. The number of hydrogen-bond acceptors (Lipinski definition) is 5. The van der Waals surface area contributed by atoms with E-state index < -0.39 is 0 Å². The largest absolute Gasteiger partial charge is 0.480 e. The average molecular weight is 310 g/mol. The highest BCUT2D eigenvalue weighted by atomic mass is 16.5. The van der Waals surface area contributed by atoms with Crippen molar-refractivity contribution in [1.29, 1.82) is 0 Å². The summed E-state index contributed by atoms with van der Waals surface area (Å²) < 4.78 is 5.87. The molecule has 1 N–H and O–H groups in total. The number of carbonyl (C=O) groups excluding carboxylic acids is 1. The number of likely N-dealkylation sites (tertiary alicyclic amines) is 1. The van der Waals surface area contributed by atoms with Gasteiger partial charge in [0, 0.05) is 19.3 Å². The van der Waals surface area contributed by atoms with Gasteiger partial charge in [0.25, 0.3) is 5.91 Å². The number of rotatable bonds is 3. The van der Waals surface area contributed by atoms with Gasteiger partial charge < -0.3 is 15.0 Å². The molecule has 6 heteroatoms. The van der Waals surface area contributed by atoms with Crippen molar-refractivity contribution in [3.05, 3.63) is 48.2 Å². The molecule has 1 aromatic carbocycles. The summed E-state index contributed by atoms with van der Waals surface area (Å²) in [7, 11) is 0. The van der Waals surface area contributed by atoms with Crippen molar-refractivity contribution in [2.75, 3.05) is 18.4 Å². The lowest BCUT2D eigenvalue weighted by Gasteiger charge is -2.41. The Labute approximate surface area is 134 Å². The van der Waals surface area contributed by atoms with E-state index in [2.05, 4.69) is 21.6 Å². The monoisotopic (exact) mass is 310 g/mol. The minimum Gasteiger partial charge on any atom is -0.480 e. The molecular formula is C17H18N4O2. The maximum Gasteiger partial charge on any atom is 0.263 e. The molecule has 0 spiro atoms. The molecule has 4 rings (SSSR count). The Morgan fingerprint density at radius 3 is 2.91 bits per heavy atom. The number of fused-ring (bicyclic) bond motifs is 1. The molecule has 0 aliphatic carbocycles. The molecule has 1 amide bonds. The first-order chi connectivity index (χ1) is 11.3. The number of para-hydroxylation sites is 1. The second kappa shape index (κ2) is 5.87. The number of carbonyl (C=O) groups is 1. The van der Waals surface area contributed by atoms with Gasteiger partial charge in [-0.15, -0.1) is 5.10 Å². The second-order valence-electron chi connectivity index (χ2n) is 5.95. The van der Waals surface area contributed by atoms with E-state index in [0.717, 1.165) is 24.4 Å². The fourth-order valence-electron chi connectivity index (χ4n) is 3.04. The molecule has 6 nitrogen and oxygen atoms in total. The van der Waals surface area contributed by atoms with Crippen LogP contribution in [0.3, 0.4) is 0 Å². The zero-order valence-corrected chi connectivity index (χ0v) is 12.7. The van der Waals surface area contributed by atoms with Crippen LogP contribution < -0.4 is 10.1 Å². The summed E-state index contributed by atoms with van der Waals surface area (Å²) in [5.74, 6) is 1.66. The lowest BCUT2D eigenvalue weighted by Crippen LogP contribution is -2.60. The molecular weight excluding hydrogens is 292 g/mol. The Morgan fingerprint density at radius 2 is 2.09 bits per heavy atom. The Balaban J connectivity index is 1.32. The standard InChI is InChI=1S/C17H18N4O2/c22-17(15-8-7-12-4-1-2-5-14(12)23-15)21-10-13(11-21)19-16-6-3-9-18-20-16/h1-6,9,13,15H,7-8,10-11H2,(H,19,20). The SMILES string of the molecule is O=C(C1CCc2ccccc2O1)N1CC(Nc2cccnn2)C1. The van der Waals surface area contributed by atoms with E-state index in [1.165, 1.54) is 5.56 Å². The molecule has 2 aromatic rings. The summed E-state index contributed by atoms with van der Waals surface area (Å²) in [6, 6.07) is 11.9. The van der Waals surface area contributed by atoms with Gasteiger partial charge in [-0.1, -0.05) is 18.2 Å². The first-order valence-corrected chi connectivity index (χ1v) is 7.87. The molecule has 0 saturated carbocycles. The normalized spacial score (nSPS) is 20.2. The van der Waals surface area contributed by atoms with Crippen LogP contribution in [0.1, 0.15) is 12.0 Å². The maximum absolute atomic E-state index is 12.5. The highest BCUT2D eigenvalue weighted by molar-refractivity contribution is 5.82. The lowest BCUT2D eigenvalue weighted by molar-refractivity contribution is -0.143. The fourth-order valence-corrected chi connectivity index (χ4v) is 3.04. The number of nitrogens with one attached hydrogen (secondary N) is 1. The van der Waals surface area contributed by atoms with Crippen LogP contribution in [0.4, 0.5) is 5.82 Å². The fraction of sp³-hybridized carbons (Fsp3) is 0.353. The molecule has 1 unspecified atom stereocenters. The van der Waals surface area contributed by atoms with Crippen LogP contribution in [0.5, 0.6) is 5.75 Å². The van der Waals surface area contributed by atoms with Crippen LogP contribution in [0.2, 0.25) is 0 Å². The number of amides is 1. The summed E-state index contributed by atoms with van der Waals surface area (Å²) in [6.07, 6.45) is 2.92. The maximum atomic E-state index is 12.5. The predicted octanol–water partition coefficient (Wildman–Crippen LogP) is 1.49. The zero-order chi connectivity index (χ0) is 15.6. The third kappa shape index (κ3) is 2.84. The molecule has 2 aliphatic heterocycles. The van der Waals surface area contributed by atoms with Gasteiger partial charge in [0.1, 0.15) is 11.6 Å². The summed E-state index contributed by atoms with van der Waals surface area (Å²) in [5, 5.41) is 11.1. The van der Waals surface area contributed by atoms with E-state index >= 15 is 0 Å². The van der Waals surface area contributed by atoms with E-state index in [4.69, 9.17) is 4.74 Å². The zero-order valence-electron chi connectivity index (χ0n) is 12.7. The van der Waals surface area contributed by atoms with E-state index in [1.54, 1.807) is 6.20 Å². The molecule has 2 aliphatic rings. The van der Waals surface area contributed by atoms with E-state index in [-0.39, 0.29) is 18.1 Å². The van der Waals surface area contributed by atoms with Crippen molar-refractivity contribution in [3.8, 4) is 5.75 Å². The quantitative estimate of drug-likeness (QED) is 0.930. The second-order valence-corrected chi connectivity index (χ2v) is 5.95. The number of aryl methyl sites for hydroxylation is 1. The summed E-state index contributed by atoms with van der Waals surface area (Å²) in [4.78, 5) is 14.4. The van der Waals surface area contributed by atoms with Gasteiger partial charge in [0.15, 0.2) is 6.10 Å². The Kier molecular flexibility index (Phi) is 3.57. The van der Waals surface area contributed by atoms with Gasteiger partial charge in [-0.05, 0) is 36.6 Å². The van der Waals surface area contributed by atoms with Gasteiger partial charge >= 0.3 is 0 Å². The van der Waals surface area contributed by atoms with Crippen LogP contribution in [0.15, 0.2) is 42.6 Å². The molecule has 0 radical (unpaired) electrons. The number of ether oxygens (including phenoxy) is 1. The average Bonchev–Trinajstić information content (AvgIpc) is 2.57. The molecule has 1 aromatic heterocycles. The van der Waals surface area contributed by atoms with Crippen LogP contribution in [0.25, 0.3) is 0 Å². The highest BCUT2D eigenvalue weighted by Gasteiger charge is 2.36. The minimum atomic E-state index is -0.359. The summed E-state index contributed by atoms with van der Waals surface area (Å²) >= 11 is 0. The Morgan fingerprint density at radius 1 is 1.22 bits per heavy atom. The highest BCUT2D eigenvalue weighted by Crippen LogP contribution is 2.28. The topological polar surface area (TPSA) is 67.3 Å². The lowest BCUT2D eigenvalue weighted by atomic mass is 10.00. The van der Waals surface area contributed by atoms with E-state index in [1.807, 2.05) is 35.2 Å². The van der Waals surface area contributed by atoms with Crippen molar-refractivity contribution < 1.29 is 9.53 Å². The molecule has 1 fully saturated rings. The molecule has 1 saturated heterocycles. The Bertz CT molecular complexity index is 701. The van der Waals surface area contributed by atoms with Crippen molar-refractivity contribution >= 4 is 11.7 Å². The van der Waals surface area contributed by atoms with Crippen LogP contribution >= 0.6 is 0 Å². The van der Waals surface area contributed by atoms with E-state index in [9.17, 15) is 4.79 Å². The number of nitrogens with zero attached hydrogens (tertiary/aromatic N) is 3. The van der Waals surface area contributed by atoms with Crippen molar-refractivity contribution in [3.63, 3.8) is 0 Å². The Hall–Kier alpha value is -2.63. The van der Waals surface area contributed by atoms with Crippen LogP contribution in [-0.2, 0) is 11.2 Å². The van der Waals surface area contributed by atoms with Gasteiger partial charge in [-0.3, -0.25) is 4.79 Å². The molecule has 118 valence electrons. The van der Waals surface area contributed by atoms with Crippen LogP contribution in [-0.4, -0.2) is 46.2 Å². The third-order valence-corrected chi connectivity index (χ3v) is 4.31. The van der Waals surface area contributed by atoms with Crippen molar-refractivity contribution in [2.24, 2.45) is 0 Å². The number of hydrogen-bond donors (Lipinski definition) is 1. The van der Waals surface area contributed by atoms with Gasteiger partial charge in [-0.25, -0.2) is 0 Å². The van der Waals surface area contributed by atoms with E-state index in [0.29, 0.717) is 13.1 Å². The molecule has 3 heterocycles. The van der Waals surface area contributed by atoms with Gasteiger partial charge in [0.2, 0.25) is 0 Å². The molecule has 0 bridgehead atoms. The third-order valence-electron chi connectivity index (χ3n) is 4.31.